The predicted molar refractivity (Wildman–Crippen MR) is 107 cm³/mol. The number of rotatable bonds is 6. The predicted octanol–water partition coefficient (Wildman–Crippen LogP) is 2.05. The molecule has 2 aromatic rings. The highest BCUT2D eigenvalue weighted by atomic mass is 16.3. The van der Waals surface area contributed by atoms with Crippen molar-refractivity contribution in [1.29, 1.82) is 0 Å². The van der Waals surface area contributed by atoms with Crippen LogP contribution in [0.5, 0.6) is 0 Å². The molecular formula is C22H30N4O2. The molecule has 1 aliphatic heterocycles. The summed E-state index contributed by atoms with van der Waals surface area (Å²) in [6.07, 6.45) is 8.42. The summed E-state index contributed by atoms with van der Waals surface area (Å²) in [6.45, 7) is 3.70. The van der Waals surface area contributed by atoms with Crippen molar-refractivity contribution in [3.05, 3.63) is 54.6 Å². The number of carbonyl (C=O) groups excluding carboxylic acids is 1. The first-order valence-corrected chi connectivity index (χ1v) is 10.4. The fourth-order valence-electron chi connectivity index (χ4n) is 4.61. The Kier molecular flexibility index (Phi) is 6.07. The maximum Gasteiger partial charge on any atom is 0.223 e. The molecule has 1 aliphatic carbocycles. The molecule has 1 aromatic carbocycles. The average molecular weight is 383 g/mol. The van der Waals surface area contributed by atoms with Gasteiger partial charge in [0.05, 0.1) is 18.5 Å². The van der Waals surface area contributed by atoms with Crippen LogP contribution in [0.4, 0.5) is 0 Å². The standard InChI is InChI=1S/C22H30N4O2/c27-21-13-18(15-26-11-8-23-16-26)12-20(21)24-22(28)19-6-9-25(10-7-19)14-17-4-2-1-3-5-17/h1-5,8,11,16,18-21,27H,6-7,9-10,12-15H2,(H,24,28)/t18?,20-,21-/m1/s1. The zero-order valence-electron chi connectivity index (χ0n) is 16.3. The van der Waals surface area contributed by atoms with E-state index in [2.05, 4.69) is 39.5 Å². The van der Waals surface area contributed by atoms with Crippen molar-refractivity contribution in [2.75, 3.05) is 13.1 Å². The molecule has 1 aromatic heterocycles. The van der Waals surface area contributed by atoms with Crippen LogP contribution in [0.1, 0.15) is 31.2 Å². The first-order valence-electron chi connectivity index (χ1n) is 10.4. The lowest BCUT2D eigenvalue weighted by atomic mass is 9.95. The number of aromatic nitrogens is 2. The lowest BCUT2D eigenvalue weighted by Crippen LogP contribution is -2.46. The highest BCUT2D eigenvalue weighted by Gasteiger charge is 2.35. The number of nitrogens with zero attached hydrogens (tertiary/aromatic N) is 3. The lowest BCUT2D eigenvalue weighted by molar-refractivity contribution is -0.127. The summed E-state index contributed by atoms with van der Waals surface area (Å²) >= 11 is 0. The van der Waals surface area contributed by atoms with Crippen molar-refractivity contribution in [3.63, 3.8) is 0 Å². The summed E-state index contributed by atoms with van der Waals surface area (Å²) in [5.74, 6) is 0.556. The molecule has 28 heavy (non-hydrogen) atoms. The number of benzene rings is 1. The van der Waals surface area contributed by atoms with Crippen molar-refractivity contribution in [1.82, 2.24) is 19.8 Å². The Morgan fingerprint density at radius 3 is 2.68 bits per heavy atom. The normalized spacial score (nSPS) is 26.4. The van der Waals surface area contributed by atoms with Crippen molar-refractivity contribution < 1.29 is 9.90 Å². The Balaban J connectivity index is 1.22. The molecule has 1 unspecified atom stereocenters. The topological polar surface area (TPSA) is 70.4 Å². The summed E-state index contributed by atoms with van der Waals surface area (Å²) in [5, 5.41) is 13.5. The molecule has 6 nitrogen and oxygen atoms in total. The highest BCUT2D eigenvalue weighted by molar-refractivity contribution is 5.79. The third-order valence-corrected chi connectivity index (χ3v) is 6.19. The second kappa shape index (κ2) is 8.88. The molecule has 1 saturated carbocycles. The van der Waals surface area contributed by atoms with Gasteiger partial charge < -0.3 is 15.0 Å². The summed E-state index contributed by atoms with van der Waals surface area (Å²) in [5.41, 5.74) is 1.32. The minimum absolute atomic E-state index is 0.0620. The Labute approximate surface area is 166 Å². The third kappa shape index (κ3) is 4.80. The van der Waals surface area contributed by atoms with E-state index in [9.17, 15) is 9.90 Å². The fourth-order valence-corrected chi connectivity index (χ4v) is 4.61. The highest BCUT2D eigenvalue weighted by Crippen LogP contribution is 2.28. The van der Waals surface area contributed by atoms with E-state index >= 15 is 0 Å². The molecule has 2 aliphatic rings. The number of carbonyl (C=O) groups is 1. The van der Waals surface area contributed by atoms with Crippen molar-refractivity contribution in [2.24, 2.45) is 11.8 Å². The number of imidazole rings is 1. The van der Waals surface area contributed by atoms with Gasteiger partial charge in [0.25, 0.3) is 0 Å². The van der Waals surface area contributed by atoms with Gasteiger partial charge in [0.2, 0.25) is 5.91 Å². The minimum atomic E-state index is -0.448. The molecule has 1 amide bonds. The van der Waals surface area contributed by atoms with Gasteiger partial charge in [-0.25, -0.2) is 4.98 Å². The SMILES string of the molecule is O=C(N[C@@H]1CC(Cn2ccnc2)C[C@H]1O)C1CCN(Cc2ccccc2)CC1. The smallest absolute Gasteiger partial charge is 0.223 e. The lowest BCUT2D eigenvalue weighted by Gasteiger charge is -2.32. The first-order chi connectivity index (χ1) is 13.7. The van der Waals surface area contributed by atoms with Gasteiger partial charge in [0.1, 0.15) is 0 Å². The van der Waals surface area contributed by atoms with Crippen LogP contribution in [0.3, 0.4) is 0 Å². The number of piperidine rings is 1. The van der Waals surface area contributed by atoms with Crippen LogP contribution in [0, 0.1) is 11.8 Å². The Morgan fingerprint density at radius 1 is 1.18 bits per heavy atom. The summed E-state index contributed by atoms with van der Waals surface area (Å²) < 4.78 is 2.05. The Hall–Kier alpha value is -2.18. The molecule has 6 heteroatoms. The van der Waals surface area contributed by atoms with E-state index in [1.165, 1.54) is 5.56 Å². The summed E-state index contributed by atoms with van der Waals surface area (Å²) in [6, 6.07) is 10.4. The molecule has 0 bridgehead atoms. The number of aliphatic hydroxyl groups excluding tert-OH is 1. The Bertz CT molecular complexity index is 741. The van der Waals surface area contributed by atoms with Crippen LogP contribution in [-0.4, -0.2) is 50.7 Å². The molecule has 4 rings (SSSR count). The Morgan fingerprint density at radius 2 is 1.96 bits per heavy atom. The van der Waals surface area contributed by atoms with Gasteiger partial charge in [-0.2, -0.15) is 0 Å². The van der Waals surface area contributed by atoms with Crippen molar-refractivity contribution in [3.8, 4) is 0 Å². The first kappa shape index (κ1) is 19.2. The molecule has 0 radical (unpaired) electrons. The van der Waals surface area contributed by atoms with Gasteiger partial charge in [0, 0.05) is 31.4 Å². The van der Waals surface area contributed by atoms with Gasteiger partial charge in [-0.3, -0.25) is 9.69 Å². The number of aliphatic hydroxyl groups is 1. The zero-order valence-corrected chi connectivity index (χ0v) is 16.3. The summed E-state index contributed by atoms with van der Waals surface area (Å²) in [4.78, 5) is 19.2. The largest absolute Gasteiger partial charge is 0.391 e. The van der Waals surface area contributed by atoms with E-state index in [1.54, 1.807) is 6.20 Å². The van der Waals surface area contributed by atoms with E-state index in [1.807, 2.05) is 23.2 Å². The van der Waals surface area contributed by atoms with Crippen LogP contribution in [-0.2, 0) is 17.9 Å². The van der Waals surface area contributed by atoms with Gasteiger partial charge in [0.15, 0.2) is 0 Å². The number of hydrogen-bond donors (Lipinski definition) is 2. The summed E-state index contributed by atoms with van der Waals surface area (Å²) in [7, 11) is 0. The molecule has 2 heterocycles. The monoisotopic (exact) mass is 382 g/mol. The minimum Gasteiger partial charge on any atom is -0.391 e. The second-order valence-electron chi connectivity index (χ2n) is 8.32. The number of hydrogen-bond acceptors (Lipinski definition) is 4. The van der Waals surface area contributed by atoms with E-state index in [0.717, 1.165) is 51.9 Å². The second-order valence-corrected chi connectivity index (χ2v) is 8.32. The van der Waals surface area contributed by atoms with E-state index in [4.69, 9.17) is 0 Å². The van der Waals surface area contributed by atoms with Crippen LogP contribution < -0.4 is 5.32 Å². The van der Waals surface area contributed by atoms with Gasteiger partial charge >= 0.3 is 0 Å². The number of amides is 1. The molecule has 1 saturated heterocycles. The molecule has 3 atom stereocenters. The third-order valence-electron chi connectivity index (χ3n) is 6.19. The number of nitrogens with one attached hydrogen (secondary N) is 1. The van der Waals surface area contributed by atoms with E-state index < -0.39 is 6.10 Å². The van der Waals surface area contributed by atoms with Gasteiger partial charge in [-0.1, -0.05) is 30.3 Å². The molecule has 2 N–H and O–H groups in total. The molecule has 150 valence electrons. The fraction of sp³-hybridized carbons (Fsp3) is 0.545. The quantitative estimate of drug-likeness (QED) is 0.802. The van der Waals surface area contributed by atoms with Gasteiger partial charge in [-0.05, 0) is 50.3 Å². The average Bonchev–Trinajstić information content (AvgIpc) is 3.33. The maximum atomic E-state index is 12.7. The van der Waals surface area contributed by atoms with Crippen molar-refractivity contribution >= 4 is 5.91 Å². The van der Waals surface area contributed by atoms with E-state index in [-0.39, 0.29) is 17.9 Å². The number of likely N-dealkylation sites (tertiary alicyclic amines) is 1. The van der Waals surface area contributed by atoms with Crippen LogP contribution in [0.15, 0.2) is 49.1 Å². The molecular weight excluding hydrogens is 352 g/mol. The van der Waals surface area contributed by atoms with Crippen LogP contribution >= 0.6 is 0 Å². The maximum absolute atomic E-state index is 12.7. The molecule has 2 fully saturated rings. The zero-order chi connectivity index (χ0) is 19.3. The van der Waals surface area contributed by atoms with Gasteiger partial charge in [-0.15, -0.1) is 0 Å². The molecule has 0 spiro atoms. The van der Waals surface area contributed by atoms with E-state index in [0.29, 0.717) is 5.92 Å². The van der Waals surface area contributed by atoms with Crippen LogP contribution in [0.2, 0.25) is 0 Å². The van der Waals surface area contributed by atoms with Crippen molar-refractivity contribution in [2.45, 2.75) is 50.9 Å². The van der Waals surface area contributed by atoms with Crippen LogP contribution in [0.25, 0.3) is 0 Å².